The van der Waals surface area contributed by atoms with Gasteiger partial charge < -0.3 is 14.5 Å². The number of hydrogen-bond acceptors (Lipinski definition) is 4. The minimum absolute atomic E-state index is 0.162. The number of nitrogens with zero attached hydrogens (tertiary/aromatic N) is 2. The Hall–Kier alpha value is -3.10. The predicted octanol–water partition coefficient (Wildman–Crippen LogP) is 4.65. The summed E-state index contributed by atoms with van der Waals surface area (Å²) in [6.45, 7) is 2.94. The average Bonchev–Trinajstić information content (AvgIpc) is 3.22. The molecule has 0 aliphatic carbocycles. The highest BCUT2D eigenvalue weighted by Crippen LogP contribution is 2.19. The summed E-state index contributed by atoms with van der Waals surface area (Å²) in [5, 5.41) is 0. The Labute approximate surface area is 196 Å². The van der Waals surface area contributed by atoms with Crippen LogP contribution >= 0.6 is 11.3 Å². The van der Waals surface area contributed by atoms with Gasteiger partial charge in [-0.15, -0.1) is 11.3 Å². The van der Waals surface area contributed by atoms with Crippen LogP contribution < -0.4 is 0 Å². The van der Waals surface area contributed by atoms with Crippen LogP contribution in [0.25, 0.3) is 0 Å². The van der Waals surface area contributed by atoms with Gasteiger partial charge >= 0.3 is 0 Å². The summed E-state index contributed by atoms with van der Waals surface area (Å²) in [6, 6.07) is 15.2. The zero-order valence-corrected chi connectivity index (χ0v) is 19.4. The van der Waals surface area contributed by atoms with Crippen molar-refractivity contribution in [1.29, 1.82) is 0 Å². The Morgan fingerprint density at radius 3 is 2.09 bits per heavy atom. The van der Waals surface area contributed by atoms with E-state index in [2.05, 4.69) is 0 Å². The number of aryl methyl sites for hydroxylation is 1. The number of carbonyl (C=O) groups is 2. The van der Waals surface area contributed by atoms with Gasteiger partial charge in [0.05, 0.1) is 13.2 Å². The van der Waals surface area contributed by atoms with Gasteiger partial charge in [0.2, 0.25) is 5.91 Å². The van der Waals surface area contributed by atoms with Crippen LogP contribution in [-0.4, -0.2) is 48.4 Å². The molecule has 0 bridgehead atoms. The number of thiophene rings is 1. The summed E-state index contributed by atoms with van der Waals surface area (Å²) in [5.41, 5.74) is 1.07. The predicted molar refractivity (Wildman–Crippen MR) is 124 cm³/mol. The fourth-order valence-electron chi connectivity index (χ4n) is 3.29. The molecule has 3 rings (SSSR count). The second-order valence-corrected chi connectivity index (χ2v) is 8.99. The van der Waals surface area contributed by atoms with Crippen molar-refractivity contribution >= 4 is 23.2 Å². The number of benzene rings is 2. The second-order valence-electron chi connectivity index (χ2n) is 7.62. The molecule has 8 heteroatoms. The van der Waals surface area contributed by atoms with Crippen molar-refractivity contribution in [2.45, 2.75) is 20.0 Å². The van der Waals surface area contributed by atoms with Crippen molar-refractivity contribution < 1.29 is 23.1 Å². The lowest BCUT2D eigenvalue weighted by Gasteiger charge is -2.27. The van der Waals surface area contributed by atoms with Gasteiger partial charge in [-0.1, -0.05) is 12.1 Å². The van der Waals surface area contributed by atoms with E-state index in [1.807, 2.05) is 19.1 Å². The molecule has 0 fully saturated rings. The highest BCUT2D eigenvalue weighted by atomic mass is 32.1. The molecule has 33 heavy (non-hydrogen) atoms. The zero-order valence-electron chi connectivity index (χ0n) is 18.6. The largest absolute Gasteiger partial charge is 0.383 e. The van der Waals surface area contributed by atoms with Crippen molar-refractivity contribution in [3.05, 3.63) is 93.2 Å². The molecule has 0 N–H and O–H groups in total. The van der Waals surface area contributed by atoms with Crippen LogP contribution in [-0.2, 0) is 22.6 Å². The van der Waals surface area contributed by atoms with E-state index in [9.17, 15) is 18.4 Å². The van der Waals surface area contributed by atoms with Crippen LogP contribution in [0.3, 0.4) is 0 Å². The minimum atomic E-state index is -0.442. The molecule has 3 aromatic rings. The molecule has 1 aromatic heterocycles. The lowest BCUT2D eigenvalue weighted by atomic mass is 10.2. The standard InChI is InChI=1S/C25H26F2N2O3S/c1-18-3-12-23(33-18)16-29(15-19-4-8-21(26)9-5-19)24(30)17-28(13-14-32-2)25(31)20-6-10-22(27)11-7-20/h3-12H,13-17H2,1-2H3. The highest BCUT2D eigenvalue weighted by molar-refractivity contribution is 7.11. The molecule has 0 radical (unpaired) electrons. The molecular weight excluding hydrogens is 446 g/mol. The highest BCUT2D eigenvalue weighted by Gasteiger charge is 2.23. The summed E-state index contributed by atoms with van der Waals surface area (Å²) in [6.07, 6.45) is 0. The van der Waals surface area contributed by atoms with Crippen molar-refractivity contribution in [2.24, 2.45) is 0 Å². The molecule has 0 saturated carbocycles. The third-order valence-electron chi connectivity index (χ3n) is 5.05. The smallest absolute Gasteiger partial charge is 0.254 e. The molecule has 0 saturated heterocycles. The van der Waals surface area contributed by atoms with Gasteiger partial charge in [0.1, 0.15) is 18.2 Å². The Morgan fingerprint density at radius 1 is 0.879 bits per heavy atom. The van der Waals surface area contributed by atoms with Gasteiger partial charge in [-0.2, -0.15) is 0 Å². The van der Waals surface area contributed by atoms with E-state index in [1.165, 1.54) is 48.4 Å². The Kier molecular flexibility index (Phi) is 8.68. The first-order valence-corrected chi connectivity index (χ1v) is 11.3. The number of ether oxygens (including phenoxy) is 1. The maximum atomic E-state index is 13.4. The lowest BCUT2D eigenvalue weighted by molar-refractivity contribution is -0.133. The number of halogens is 2. The van der Waals surface area contributed by atoms with Crippen LogP contribution in [0.5, 0.6) is 0 Å². The Morgan fingerprint density at radius 2 is 1.52 bits per heavy atom. The molecule has 2 aromatic carbocycles. The Bertz CT molecular complexity index is 1070. The third kappa shape index (κ3) is 7.20. The first-order chi connectivity index (χ1) is 15.9. The normalized spacial score (nSPS) is 10.8. The summed E-state index contributed by atoms with van der Waals surface area (Å²) in [7, 11) is 1.52. The van der Waals surface area contributed by atoms with Crippen LogP contribution in [0.2, 0.25) is 0 Å². The van der Waals surface area contributed by atoms with Gasteiger partial charge in [-0.05, 0) is 61.0 Å². The van der Waals surface area contributed by atoms with Gasteiger partial charge in [0.15, 0.2) is 0 Å². The third-order valence-corrected chi connectivity index (χ3v) is 6.04. The summed E-state index contributed by atoms with van der Waals surface area (Å²) < 4.78 is 31.7. The van der Waals surface area contributed by atoms with Crippen molar-refractivity contribution in [3.63, 3.8) is 0 Å². The van der Waals surface area contributed by atoms with Gasteiger partial charge in [-0.25, -0.2) is 8.78 Å². The maximum Gasteiger partial charge on any atom is 0.254 e. The summed E-state index contributed by atoms with van der Waals surface area (Å²) in [4.78, 5) is 31.6. The van der Waals surface area contributed by atoms with Gasteiger partial charge in [0.25, 0.3) is 5.91 Å². The molecular formula is C25H26F2N2O3S. The number of carbonyl (C=O) groups excluding carboxylic acids is 2. The number of rotatable bonds is 10. The molecule has 0 unspecified atom stereocenters. The maximum absolute atomic E-state index is 13.4. The van der Waals surface area contributed by atoms with Crippen LogP contribution in [0.4, 0.5) is 8.78 Å². The number of methoxy groups -OCH3 is 1. The zero-order chi connectivity index (χ0) is 23.8. The molecule has 0 aliphatic rings. The fraction of sp³-hybridized carbons (Fsp3) is 0.280. The molecule has 1 heterocycles. The molecule has 0 spiro atoms. The van der Waals surface area contributed by atoms with E-state index in [1.54, 1.807) is 28.4 Å². The van der Waals surface area contributed by atoms with E-state index in [0.717, 1.165) is 15.3 Å². The molecule has 0 atom stereocenters. The molecule has 5 nitrogen and oxygen atoms in total. The average molecular weight is 473 g/mol. The minimum Gasteiger partial charge on any atom is -0.383 e. The van der Waals surface area contributed by atoms with E-state index in [0.29, 0.717) is 12.1 Å². The van der Waals surface area contributed by atoms with E-state index >= 15 is 0 Å². The second kappa shape index (κ2) is 11.7. The number of amides is 2. The topological polar surface area (TPSA) is 49.9 Å². The monoisotopic (exact) mass is 472 g/mol. The first kappa shape index (κ1) is 24.5. The molecule has 2 amide bonds. The van der Waals surface area contributed by atoms with Gasteiger partial charge in [-0.3, -0.25) is 9.59 Å². The SMILES string of the molecule is COCCN(CC(=O)N(Cc1ccc(F)cc1)Cc1ccc(C)s1)C(=O)c1ccc(F)cc1. The van der Waals surface area contributed by atoms with E-state index < -0.39 is 5.82 Å². The quantitative estimate of drug-likeness (QED) is 0.432. The van der Waals surface area contributed by atoms with Crippen molar-refractivity contribution in [2.75, 3.05) is 26.8 Å². The van der Waals surface area contributed by atoms with Gasteiger partial charge in [0, 0.05) is 35.5 Å². The van der Waals surface area contributed by atoms with E-state index in [4.69, 9.17) is 4.74 Å². The number of hydrogen-bond donors (Lipinski definition) is 0. The Balaban J connectivity index is 1.80. The lowest BCUT2D eigenvalue weighted by Crippen LogP contribution is -2.43. The molecule has 0 aliphatic heterocycles. The van der Waals surface area contributed by atoms with E-state index in [-0.39, 0.29) is 43.9 Å². The van der Waals surface area contributed by atoms with Crippen molar-refractivity contribution in [1.82, 2.24) is 9.80 Å². The van der Waals surface area contributed by atoms with Crippen LogP contribution in [0.15, 0.2) is 60.7 Å². The van der Waals surface area contributed by atoms with Crippen LogP contribution in [0.1, 0.15) is 25.7 Å². The van der Waals surface area contributed by atoms with Crippen molar-refractivity contribution in [3.8, 4) is 0 Å². The fourth-order valence-corrected chi connectivity index (χ4v) is 4.20. The summed E-state index contributed by atoms with van der Waals surface area (Å²) >= 11 is 1.59. The van der Waals surface area contributed by atoms with Crippen LogP contribution in [0, 0.1) is 18.6 Å². The summed E-state index contributed by atoms with van der Waals surface area (Å²) in [5.74, 6) is -1.42. The first-order valence-electron chi connectivity index (χ1n) is 10.5. The molecule has 174 valence electrons.